The van der Waals surface area contributed by atoms with Crippen LogP contribution >= 0.6 is 0 Å². The molecule has 1 aromatic rings. The lowest BCUT2D eigenvalue weighted by atomic mass is 9.97. The van der Waals surface area contributed by atoms with Crippen molar-refractivity contribution in [2.75, 3.05) is 26.2 Å². The quantitative estimate of drug-likeness (QED) is 0.369. The van der Waals surface area contributed by atoms with E-state index in [1.54, 1.807) is 0 Å². The molecule has 5 amide bonds. The number of nitrogens with zero attached hydrogens (tertiary/aromatic N) is 2. The maximum absolute atomic E-state index is 14.0. The van der Waals surface area contributed by atoms with Crippen LogP contribution in [0.15, 0.2) is 30.3 Å². The van der Waals surface area contributed by atoms with Gasteiger partial charge in [-0.25, -0.2) is 0 Å². The smallest absolute Gasteiger partial charge is 0.246 e. The predicted octanol–water partition coefficient (Wildman–Crippen LogP) is 0.123. The Bertz CT molecular complexity index is 1220. The number of benzene rings is 1. The highest BCUT2D eigenvalue weighted by molar-refractivity contribution is 5.95. The van der Waals surface area contributed by atoms with Gasteiger partial charge in [-0.05, 0) is 50.0 Å². The second kappa shape index (κ2) is 14.1. The Morgan fingerprint density at radius 1 is 0.977 bits per heavy atom. The molecule has 0 aromatic heterocycles. The van der Waals surface area contributed by atoms with Gasteiger partial charge >= 0.3 is 0 Å². The normalized spacial score (nSPS) is 30.7. The highest BCUT2D eigenvalue weighted by Gasteiger charge is 2.42. The largest absolute Gasteiger partial charge is 0.388 e. The van der Waals surface area contributed by atoms with Crippen molar-refractivity contribution in [2.24, 2.45) is 11.8 Å². The molecule has 6 atom stereocenters. The topological polar surface area (TPSA) is 157 Å². The van der Waals surface area contributed by atoms with Gasteiger partial charge in [-0.2, -0.15) is 0 Å². The van der Waals surface area contributed by atoms with Crippen LogP contribution in [-0.4, -0.2) is 107 Å². The summed E-state index contributed by atoms with van der Waals surface area (Å²) in [6.07, 6.45) is 1.48. The number of hydrogen-bond acceptors (Lipinski definition) is 7. The number of fused-ring (bicyclic) bond motifs is 3. The number of carbonyl (C=O) groups excluding carboxylic acids is 5. The number of carbonyl (C=O) groups is 5. The average molecular weight is 612 g/mol. The van der Waals surface area contributed by atoms with Crippen LogP contribution < -0.4 is 16.0 Å². The molecule has 12 heteroatoms. The Morgan fingerprint density at radius 2 is 1.73 bits per heavy atom. The van der Waals surface area contributed by atoms with Gasteiger partial charge in [0, 0.05) is 25.5 Å². The van der Waals surface area contributed by atoms with Crippen LogP contribution in [-0.2, 0) is 35.1 Å². The lowest BCUT2D eigenvalue weighted by Gasteiger charge is -2.38. The first-order valence-corrected chi connectivity index (χ1v) is 15.9. The number of aliphatic hydroxyl groups is 1. The summed E-state index contributed by atoms with van der Waals surface area (Å²) in [6.45, 7) is 4.16. The molecule has 44 heavy (non-hydrogen) atoms. The Kier molecular flexibility index (Phi) is 10.2. The third kappa shape index (κ3) is 7.76. The minimum atomic E-state index is -1.13. The summed E-state index contributed by atoms with van der Waals surface area (Å²) >= 11 is 0. The molecule has 1 saturated carbocycles. The van der Waals surface area contributed by atoms with Crippen molar-refractivity contribution in [2.45, 2.75) is 95.2 Å². The molecule has 240 valence electrons. The van der Waals surface area contributed by atoms with Gasteiger partial charge in [-0.1, -0.05) is 44.2 Å². The minimum Gasteiger partial charge on any atom is -0.388 e. The molecule has 4 fully saturated rings. The molecule has 5 rings (SSSR count). The second-order valence-electron chi connectivity index (χ2n) is 13.0. The van der Waals surface area contributed by atoms with Crippen LogP contribution in [0.5, 0.6) is 0 Å². The van der Waals surface area contributed by atoms with Gasteiger partial charge in [-0.15, -0.1) is 0 Å². The first-order chi connectivity index (χ1) is 21.1. The number of amides is 5. The molecule has 4 N–H and O–H groups in total. The molecule has 12 nitrogen and oxygen atoms in total. The van der Waals surface area contributed by atoms with Gasteiger partial charge in [0.05, 0.1) is 19.1 Å². The van der Waals surface area contributed by atoms with Gasteiger partial charge in [0.1, 0.15) is 30.3 Å². The zero-order chi connectivity index (χ0) is 31.4. The van der Waals surface area contributed by atoms with Crippen molar-refractivity contribution < 1.29 is 33.8 Å². The van der Waals surface area contributed by atoms with Crippen LogP contribution in [0.3, 0.4) is 0 Å². The number of nitrogens with one attached hydrogen (secondary N) is 3. The predicted molar refractivity (Wildman–Crippen MR) is 160 cm³/mol. The van der Waals surface area contributed by atoms with E-state index in [1.165, 1.54) is 9.80 Å². The summed E-state index contributed by atoms with van der Waals surface area (Å²) in [5, 5.41) is 19.9. The average Bonchev–Trinajstić information content (AvgIpc) is 3.72. The van der Waals surface area contributed by atoms with E-state index in [1.807, 2.05) is 44.2 Å². The molecule has 0 spiro atoms. The summed E-state index contributed by atoms with van der Waals surface area (Å²) in [5.41, 5.74) is 0.835. The lowest BCUT2D eigenvalue weighted by Crippen LogP contribution is -2.60. The van der Waals surface area contributed by atoms with E-state index in [0.717, 1.165) is 18.4 Å². The van der Waals surface area contributed by atoms with Crippen LogP contribution in [0, 0.1) is 11.8 Å². The van der Waals surface area contributed by atoms with Gasteiger partial charge in [-0.3, -0.25) is 24.0 Å². The first kappa shape index (κ1) is 31.9. The molecular weight excluding hydrogens is 566 g/mol. The third-order valence-corrected chi connectivity index (χ3v) is 8.95. The highest BCUT2D eigenvalue weighted by atomic mass is 16.5. The van der Waals surface area contributed by atoms with Gasteiger partial charge in [0.2, 0.25) is 29.5 Å². The van der Waals surface area contributed by atoms with E-state index in [0.29, 0.717) is 32.2 Å². The van der Waals surface area contributed by atoms with E-state index >= 15 is 0 Å². The summed E-state index contributed by atoms with van der Waals surface area (Å²) in [5.74, 6) is -2.03. The van der Waals surface area contributed by atoms with E-state index in [2.05, 4.69) is 16.0 Å². The number of hydrogen-bond donors (Lipinski definition) is 4. The minimum absolute atomic E-state index is 0.0338. The summed E-state index contributed by atoms with van der Waals surface area (Å²) in [7, 11) is 0. The number of rotatable bonds is 5. The van der Waals surface area contributed by atoms with E-state index in [-0.39, 0.29) is 49.8 Å². The van der Waals surface area contributed by atoms with Crippen molar-refractivity contribution in [3.8, 4) is 0 Å². The van der Waals surface area contributed by atoms with Crippen LogP contribution in [0.2, 0.25) is 0 Å². The van der Waals surface area contributed by atoms with Gasteiger partial charge in [0.15, 0.2) is 0 Å². The van der Waals surface area contributed by atoms with Crippen LogP contribution in [0.1, 0.15) is 57.9 Å². The lowest BCUT2D eigenvalue weighted by molar-refractivity contribution is -0.146. The Hall–Kier alpha value is -3.51. The third-order valence-electron chi connectivity index (χ3n) is 8.95. The Labute approximate surface area is 258 Å². The fourth-order valence-electron chi connectivity index (χ4n) is 6.45. The molecule has 0 unspecified atom stereocenters. The van der Waals surface area contributed by atoms with E-state index in [9.17, 15) is 29.1 Å². The highest BCUT2D eigenvalue weighted by Crippen LogP contribution is 2.31. The number of ether oxygens (including phenoxy) is 1. The monoisotopic (exact) mass is 611 g/mol. The van der Waals surface area contributed by atoms with Crippen LogP contribution in [0.4, 0.5) is 0 Å². The van der Waals surface area contributed by atoms with Crippen molar-refractivity contribution in [3.63, 3.8) is 0 Å². The molecule has 3 saturated heterocycles. The zero-order valence-electron chi connectivity index (χ0n) is 25.6. The van der Waals surface area contributed by atoms with Gasteiger partial charge in [0.25, 0.3) is 0 Å². The van der Waals surface area contributed by atoms with E-state index in [4.69, 9.17) is 4.74 Å². The molecule has 0 radical (unpaired) electrons. The first-order valence-electron chi connectivity index (χ1n) is 15.9. The van der Waals surface area contributed by atoms with Gasteiger partial charge < -0.3 is 35.6 Å². The number of aliphatic hydroxyl groups excluding tert-OH is 1. The summed E-state index contributed by atoms with van der Waals surface area (Å²) in [6, 6.07) is 6.02. The fraction of sp³-hybridized carbons (Fsp3) is 0.656. The standard InChI is InChI=1S/C32H45N5O7/c1-19(2)15-23-29(40)34-22-12-14-44-26(28(22)39)17-36(31(42)21-10-11-21)18-27(38)33-24(16-20-7-4-3-5-8-20)32(43)37-13-6-9-25(37)30(41)35-23/h3-5,7-8,19,21-26,28,39H,6,9-18H2,1-2H3,(H,33,38)(H,34,40)(H,35,41)/t22-,23+,24-,25+,26+,28-/m0/s1. The molecular formula is C32H45N5O7. The molecule has 1 aliphatic carbocycles. The zero-order valence-corrected chi connectivity index (χ0v) is 25.6. The fourth-order valence-corrected chi connectivity index (χ4v) is 6.45. The van der Waals surface area contributed by atoms with Crippen LogP contribution in [0.25, 0.3) is 0 Å². The van der Waals surface area contributed by atoms with Crippen molar-refractivity contribution in [1.82, 2.24) is 25.8 Å². The van der Waals surface area contributed by atoms with Crippen molar-refractivity contribution in [1.29, 1.82) is 0 Å². The van der Waals surface area contributed by atoms with Crippen molar-refractivity contribution >= 4 is 29.5 Å². The molecule has 1 aromatic carbocycles. The maximum atomic E-state index is 14.0. The Balaban J connectivity index is 1.47. The molecule has 3 aliphatic heterocycles. The van der Waals surface area contributed by atoms with Crippen molar-refractivity contribution in [3.05, 3.63) is 35.9 Å². The summed E-state index contributed by atoms with van der Waals surface area (Å²) in [4.78, 5) is 70.9. The summed E-state index contributed by atoms with van der Waals surface area (Å²) < 4.78 is 5.86. The molecule has 3 heterocycles. The SMILES string of the molecule is CC(C)C[C@H]1NC(=O)[C@H]2CCCN2C(=O)[C@H](Cc2ccccc2)NC(=O)CN(C(=O)C2CC2)C[C@H]2OCC[C@H](NC1=O)[C@@H]2O. The maximum Gasteiger partial charge on any atom is 0.246 e. The van der Waals surface area contributed by atoms with E-state index < -0.39 is 54.1 Å². The Morgan fingerprint density at radius 3 is 2.43 bits per heavy atom. The molecule has 4 aliphatic rings. The molecule has 2 bridgehead atoms. The second-order valence-corrected chi connectivity index (χ2v) is 13.0.